The van der Waals surface area contributed by atoms with Gasteiger partial charge in [-0.3, -0.25) is 4.79 Å². The Morgan fingerprint density at radius 1 is 1.00 bits per heavy atom. The minimum atomic E-state index is -1.57. The van der Waals surface area contributed by atoms with Gasteiger partial charge in [0, 0.05) is 5.56 Å². The summed E-state index contributed by atoms with van der Waals surface area (Å²) in [6, 6.07) is 17.9. The van der Waals surface area contributed by atoms with E-state index in [1.807, 2.05) is 24.3 Å². The van der Waals surface area contributed by atoms with Gasteiger partial charge in [0.1, 0.15) is 18.7 Å². The van der Waals surface area contributed by atoms with E-state index in [0.717, 1.165) is 10.3 Å². The maximum absolute atomic E-state index is 12.8. The maximum atomic E-state index is 12.8. The predicted molar refractivity (Wildman–Crippen MR) is 105 cm³/mol. The largest absolute Gasteiger partial charge is 0.506 e. The van der Waals surface area contributed by atoms with Crippen molar-refractivity contribution in [1.29, 1.82) is 0 Å². The van der Waals surface area contributed by atoms with Gasteiger partial charge in [-0.15, -0.1) is 4.73 Å². The molecule has 0 saturated heterocycles. The van der Waals surface area contributed by atoms with Crippen molar-refractivity contribution in [3.8, 4) is 17.0 Å². The smallest absolute Gasteiger partial charge is 0.345 e. The summed E-state index contributed by atoms with van der Waals surface area (Å²) in [5.41, 5.74) is -0.168. The third-order valence-electron chi connectivity index (χ3n) is 4.36. The second-order valence-corrected chi connectivity index (χ2v) is 6.17. The van der Waals surface area contributed by atoms with Gasteiger partial charge in [-0.1, -0.05) is 60.7 Å². The van der Waals surface area contributed by atoms with E-state index < -0.39 is 22.8 Å². The molecule has 144 valence electrons. The molecule has 2 N–H and O–H groups in total. The number of hydrogen-bond acceptors (Lipinski definition) is 6. The van der Waals surface area contributed by atoms with E-state index in [2.05, 4.69) is 9.97 Å². The summed E-state index contributed by atoms with van der Waals surface area (Å²) in [6.07, 6.45) is 1.23. The molecule has 0 saturated carbocycles. The van der Waals surface area contributed by atoms with Gasteiger partial charge in [0.25, 0.3) is 0 Å². The van der Waals surface area contributed by atoms with Gasteiger partial charge < -0.3 is 15.1 Å². The fourth-order valence-corrected chi connectivity index (χ4v) is 3.01. The van der Waals surface area contributed by atoms with Crippen LogP contribution in [0, 0.1) is 0 Å². The Balaban J connectivity index is 1.97. The Hall–Kier alpha value is -4.20. The van der Waals surface area contributed by atoms with E-state index in [1.165, 1.54) is 6.33 Å². The number of carbonyl (C=O) groups is 1. The van der Waals surface area contributed by atoms with Gasteiger partial charge >= 0.3 is 11.5 Å². The lowest BCUT2D eigenvalue weighted by Gasteiger charge is -2.15. The number of carboxylic acid groups (broad SMARTS) is 1. The number of benzene rings is 2. The van der Waals surface area contributed by atoms with Crippen LogP contribution in [0.4, 0.5) is 0 Å². The lowest BCUT2D eigenvalue weighted by Crippen LogP contribution is -2.32. The zero-order chi connectivity index (χ0) is 20.4. The number of rotatable bonds is 5. The molecule has 0 radical (unpaired) electrons. The van der Waals surface area contributed by atoms with E-state index in [1.54, 1.807) is 36.4 Å². The number of aromatic carboxylic acids is 1. The van der Waals surface area contributed by atoms with E-state index in [9.17, 15) is 19.8 Å². The first kappa shape index (κ1) is 18.2. The molecule has 0 atom stereocenters. The number of aromatic hydroxyl groups is 1. The van der Waals surface area contributed by atoms with Crippen LogP contribution < -0.4 is 10.4 Å². The van der Waals surface area contributed by atoms with E-state index in [-0.39, 0.29) is 23.3 Å². The molecular formula is C21H15N3O5. The van der Waals surface area contributed by atoms with Gasteiger partial charge in [-0.05, 0) is 5.56 Å². The second-order valence-electron chi connectivity index (χ2n) is 6.17. The monoisotopic (exact) mass is 389 g/mol. The van der Waals surface area contributed by atoms with Crippen LogP contribution in [-0.2, 0) is 6.61 Å². The number of nitrogens with zero attached hydrogens (tertiary/aromatic N) is 3. The van der Waals surface area contributed by atoms with Gasteiger partial charge in [0.15, 0.2) is 11.2 Å². The predicted octanol–water partition coefficient (Wildman–Crippen LogP) is 2.49. The van der Waals surface area contributed by atoms with Crippen LogP contribution >= 0.6 is 0 Å². The summed E-state index contributed by atoms with van der Waals surface area (Å²) >= 11 is 0. The fraction of sp³-hybridized carbons (Fsp3) is 0.0476. The molecule has 29 heavy (non-hydrogen) atoms. The Kier molecular flexibility index (Phi) is 4.66. The van der Waals surface area contributed by atoms with Crippen LogP contribution in [0.2, 0.25) is 0 Å². The molecule has 2 heterocycles. The van der Waals surface area contributed by atoms with Crippen molar-refractivity contribution < 1.29 is 19.8 Å². The highest BCUT2D eigenvalue weighted by Gasteiger charge is 2.26. The molecule has 0 aliphatic heterocycles. The van der Waals surface area contributed by atoms with Gasteiger partial charge in [0.05, 0.1) is 11.1 Å². The van der Waals surface area contributed by atoms with E-state index in [0.29, 0.717) is 5.56 Å². The third kappa shape index (κ3) is 3.27. The molecule has 0 fully saturated rings. The van der Waals surface area contributed by atoms with Crippen molar-refractivity contribution in [2.24, 2.45) is 0 Å². The summed E-state index contributed by atoms with van der Waals surface area (Å²) in [6.45, 7) is 0.00432. The lowest BCUT2D eigenvalue weighted by molar-refractivity contribution is 0.0672. The number of fused-ring (bicyclic) bond motifs is 1. The van der Waals surface area contributed by atoms with Crippen molar-refractivity contribution in [2.75, 3.05) is 0 Å². The molecule has 4 rings (SSSR count). The first-order chi connectivity index (χ1) is 14.1. The first-order valence-electron chi connectivity index (χ1n) is 8.66. The van der Waals surface area contributed by atoms with Crippen molar-refractivity contribution in [3.05, 3.63) is 88.5 Å². The minimum absolute atomic E-state index is 0.00432. The summed E-state index contributed by atoms with van der Waals surface area (Å²) in [4.78, 5) is 38.3. The molecule has 0 amide bonds. The average Bonchev–Trinajstić information content (AvgIpc) is 2.74. The highest BCUT2D eigenvalue weighted by atomic mass is 16.7. The third-order valence-corrected chi connectivity index (χ3v) is 4.36. The number of carboxylic acids is 1. The van der Waals surface area contributed by atoms with Gasteiger partial charge in [0.2, 0.25) is 0 Å². The first-order valence-corrected chi connectivity index (χ1v) is 8.66. The zero-order valence-corrected chi connectivity index (χ0v) is 15.0. The molecule has 8 nitrogen and oxygen atoms in total. The molecular weight excluding hydrogens is 374 g/mol. The van der Waals surface area contributed by atoms with Crippen LogP contribution in [0.3, 0.4) is 0 Å². The quantitative estimate of drug-likeness (QED) is 0.539. The Labute approximate surface area is 164 Å². The van der Waals surface area contributed by atoms with Gasteiger partial charge in [-0.25, -0.2) is 14.8 Å². The maximum Gasteiger partial charge on any atom is 0.345 e. The van der Waals surface area contributed by atoms with Gasteiger partial charge in [-0.2, -0.15) is 0 Å². The topological polar surface area (TPSA) is 115 Å². The normalized spacial score (nSPS) is 10.8. The number of hydrogen-bond donors (Lipinski definition) is 2. The van der Waals surface area contributed by atoms with E-state index in [4.69, 9.17) is 4.84 Å². The average molecular weight is 389 g/mol. The molecule has 2 aromatic heterocycles. The zero-order valence-electron chi connectivity index (χ0n) is 15.0. The van der Waals surface area contributed by atoms with Crippen molar-refractivity contribution in [3.63, 3.8) is 0 Å². The van der Waals surface area contributed by atoms with Crippen LogP contribution in [0.5, 0.6) is 5.75 Å². The van der Waals surface area contributed by atoms with Crippen LogP contribution in [-0.4, -0.2) is 30.9 Å². The molecule has 0 unspecified atom stereocenters. The van der Waals surface area contributed by atoms with Crippen molar-refractivity contribution >= 4 is 17.0 Å². The summed E-state index contributed by atoms with van der Waals surface area (Å²) in [5.74, 6) is -2.27. The Morgan fingerprint density at radius 2 is 1.66 bits per heavy atom. The number of pyridine rings is 1. The SMILES string of the molecule is O=C(O)c1c(O)c2c(-c3ccccc3)ncnc2n(OCc2ccccc2)c1=O. The fourth-order valence-electron chi connectivity index (χ4n) is 3.01. The van der Waals surface area contributed by atoms with Crippen molar-refractivity contribution in [1.82, 2.24) is 14.7 Å². The second kappa shape index (κ2) is 7.43. The minimum Gasteiger partial charge on any atom is -0.506 e. The summed E-state index contributed by atoms with van der Waals surface area (Å²) < 4.78 is 0.791. The molecule has 0 spiro atoms. The summed E-state index contributed by atoms with van der Waals surface area (Å²) in [7, 11) is 0. The lowest BCUT2D eigenvalue weighted by atomic mass is 10.1. The Morgan fingerprint density at radius 3 is 2.31 bits per heavy atom. The standard InChI is InChI=1S/C21H15N3O5/c25-18-15-17(14-9-5-2-6-10-14)22-12-23-19(15)24(20(26)16(18)21(27)28)29-11-13-7-3-1-4-8-13/h1-10,12,25H,11H2,(H,27,28). The highest BCUT2D eigenvalue weighted by Crippen LogP contribution is 2.32. The Bertz CT molecular complexity index is 1250. The molecule has 0 aliphatic rings. The summed E-state index contributed by atoms with van der Waals surface area (Å²) in [5, 5.41) is 20.1. The van der Waals surface area contributed by atoms with Crippen LogP contribution in [0.25, 0.3) is 22.3 Å². The van der Waals surface area contributed by atoms with Crippen LogP contribution in [0.1, 0.15) is 15.9 Å². The highest BCUT2D eigenvalue weighted by molar-refractivity contribution is 6.02. The molecule has 4 aromatic rings. The van der Waals surface area contributed by atoms with Crippen molar-refractivity contribution in [2.45, 2.75) is 6.61 Å². The van der Waals surface area contributed by atoms with E-state index >= 15 is 0 Å². The van der Waals surface area contributed by atoms with Crippen LogP contribution in [0.15, 0.2) is 71.8 Å². The molecule has 2 aromatic carbocycles. The number of aromatic nitrogens is 3. The molecule has 0 bridgehead atoms. The molecule has 8 heteroatoms. The molecule has 0 aliphatic carbocycles.